The van der Waals surface area contributed by atoms with Gasteiger partial charge in [0.25, 0.3) is 5.91 Å². The summed E-state index contributed by atoms with van der Waals surface area (Å²) in [5, 5.41) is 3.81. The maximum Gasteiger partial charge on any atom is 0.270 e. The largest absolute Gasteiger partial charge is 0.334 e. The lowest BCUT2D eigenvalue weighted by Crippen LogP contribution is -2.42. The highest BCUT2D eigenvalue weighted by atomic mass is 16.2. The third-order valence-electron chi connectivity index (χ3n) is 4.52. The molecule has 5 heteroatoms. The van der Waals surface area contributed by atoms with Crippen molar-refractivity contribution in [3.05, 3.63) is 0 Å². The molecule has 2 amide bonds. The van der Waals surface area contributed by atoms with Crippen molar-refractivity contribution in [1.82, 2.24) is 10.3 Å². The number of piperidine rings is 1. The van der Waals surface area contributed by atoms with Crippen LogP contribution in [0.1, 0.15) is 19.3 Å². The van der Waals surface area contributed by atoms with Crippen molar-refractivity contribution in [2.75, 3.05) is 6.54 Å². The van der Waals surface area contributed by atoms with E-state index in [-0.39, 0.29) is 18.2 Å². The summed E-state index contributed by atoms with van der Waals surface area (Å²) in [4.78, 5) is 25.1. The average Bonchev–Trinajstić information content (AvgIpc) is 2.68. The molecular formula is C11H13N3O2. The van der Waals surface area contributed by atoms with Gasteiger partial charge >= 0.3 is 0 Å². The third kappa shape index (κ3) is 0.982. The molecule has 4 rings (SSSR count). The molecule has 16 heavy (non-hydrogen) atoms. The molecule has 4 atom stereocenters. The van der Waals surface area contributed by atoms with Crippen LogP contribution >= 0.6 is 0 Å². The molecule has 0 aromatic carbocycles. The number of carbonyl (C=O) groups excluding carboxylic acids is 2. The van der Waals surface area contributed by atoms with Gasteiger partial charge in [-0.05, 0) is 30.6 Å². The van der Waals surface area contributed by atoms with Gasteiger partial charge in [-0.1, -0.05) is 0 Å². The Bertz CT molecular complexity index is 431. The van der Waals surface area contributed by atoms with E-state index in [1.807, 2.05) is 4.90 Å². The van der Waals surface area contributed by atoms with Crippen molar-refractivity contribution in [2.45, 2.75) is 25.3 Å². The minimum atomic E-state index is -0.169. The van der Waals surface area contributed by atoms with Crippen molar-refractivity contribution < 1.29 is 9.59 Å². The van der Waals surface area contributed by atoms with Crippen LogP contribution in [0.2, 0.25) is 0 Å². The summed E-state index contributed by atoms with van der Waals surface area (Å²) in [5.74, 6) is 2.20. The van der Waals surface area contributed by atoms with E-state index in [2.05, 4.69) is 10.5 Å². The number of rotatable bonds is 1. The first-order valence-corrected chi connectivity index (χ1v) is 5.90. The molecule has 84 valence electrons. The van der Waals surface area contributed by atoms with Crippen molar-refractivity contribution in [3.8, 4) is 0 Å². The maximum atomic E-state index is 12.1. The second-order valence-electron chi connectivity index (χ2n) is 5.35. The number of nitrogens with one attached hydrogen (secondary N) is 1. The van der Waals surface area contributed by atoms with Crippen molar-refractivity contribution >= 4 is 17.5 Å². The van der Waals surface area contributed by atoms with E-state index in [4.69, 9.17) is 0 Å². The molecule has 2 bridgehead atoms. The number of nitrogens with zero attached hydrogens (tertiary/aromatic N) is 2. The van der Waals surface area contributed by atoms with Gasteiger partial charge in [-0.25, -0.2) is 5.43 Å². The molecule has 2 aliphatic carbocycles. The zero-order chi connectivity index (χ0) is 10.9. The van der Waals surface area contributed by atoms with Crippen LogP contribution in [-0.2, 0) is 9.59 Å². The number of amides is 2. The summed E-state index contributed by atoms with van der Waals surface area (Å²) >= 11 is 0. The van der Waals surface area contributed by atoms with E-state index in [1.165, 1.54) is 12.8 Å². The Balaban J connectivity index is 1.55. The predicted molar refractivity (Wildman–Crippen MR) is 55.4 cm³/mol. The van der Waals surface area contributed by atoms with Crippen LogP contribution in [0.25, 0.3) is 0 Å². The highest BCUT2D eigenvalue weighted by molar-refractivity contribution is 6.43. The van der Waals surface area contributed by atoms with Gasteiger partial charge in [0.15, 0.2) is 0 Å². The Morgan fingerprint density at radius 1 is 1.38 bits per heavy atom. The molecule has 0 radical (unpaired) electrons. The number of hydrazone groups is 1. The quantitative estimate of drug-likeness (QED) is 0.660. The van der Waals surface area contributed by atoms with Gasteiger partial charge < -0.3 is 4.90 Å². The van der Waals surface area contributed by atoms with Crippen LogP contribution in [0.5, 0.6) is 0 Å². The van der Waals surface area contributed by atoms with E-state index in [9.17, 15) is 9.59 Å². The molecule has 0 aromatic rings. The van der Waals surface area contributed by atoms with E-state index in [0.29, 0.717) is 11.8 Å². The number of fused-ring (bicyclic) bond motifs is 5. The van der Waals surface area contributed by atoms with Crippen molar-refractivity contribution in [3.63, 3.8) is 0 Å². The van der Waals surface area contributed by atoms with E-state index in [1.54, 1.807) is 0 Å². The lowest BCUT2D eigenvalue weighted by molar-refractivity contribution is -0.126. The molecule has 2 heterocycles. The molecule has 3 fully saturated rings. The maximum absolute atomic E-state index is 12.1. The summed E-state index contributed by atoms with van der Waals surface area (Å²) in [6, 6.07) is 0.445. The van der Waals surface area contributed by atoms with Gasteiger partial charge in [-0.2, -0.15) is 5.10 Å². The van der Waals surface area contributed by atoms with Gasteiger partial charge in [-0.15, -0.1) is 0 Å². The Labute approximate surface area is 92.9 Å². The topological polar surface area (TPSA) is 61.8 Å². The summed E-state index contributed by atoms with van der Waals surface area (Å²) in [6.45, 7) is 0.887. The lowest BCUT2D eigenvalue weighted by atomic mass is 10.1. The van der Waals surface area contributed by atoms with E-state index in [0.717, 1.165) is 24.3 Å². The standard InChI is InChI=1S/C11H13N3O2/c15-10-3-8(12-13-10)11(16)14-4-5-1-9(14)7-2-6(5)7/h5-7,9H,1-4H2,(H,13,15)/t5-,6-,7-,9-/m0/s1. The summed E-state index contributed by atoms with van der Waals surface area (Å²) in [6.07, 6.45) is 2.64. The third-order valence-corrected chi connectivity index (χ3v) is 4.52. The normalized spacial score (nSPS) is 43.1. The van der Waals surface area contributed by atoms with E-state index >= 15 is 0 Å². The summed E-state index contributed by atoms with van der Waals surface area (Å²) in [5.41, 5.74) is 2.74. The Kier molecular flexibility index (Phi) is 1.44. The molecule has 1 N–H and O–H groups in total. The van der Waals surface area contributed by atoms with Gasteiger partial charge in [-0.3, -0.25) is 9.59 Å². The van der Waals surface area contributed by atoms with Gasteiger partial charge in [0.1, 0.15) is 5.71 Å². The number of hydrogen-bond acceptors (Lipinski definition) is 3. The zero-order valence-electron chi connectivity index (χ0n) is 8.85. The molecule has 0 aromatic heterocycles. The van der Waals surface area contributed by atoms with Crippen LogP contribution in [0.15, 0.2) is 5.10 Å². The molecule has 4 aliphatic rings. The Hall–Kier alpha value is -1.39. The Morgan fingerprint density at radius 3 is 2.88 bits per heavy atom. The summed E-state index contributed by atoms with van der Waals surface area (Å²) < 4.78 is 0. The van der Waals surface area contributed by atoms with Gasteiger partial charge in [0, 0.05) is 12.6 Å². The number of hydrogen-bond donors (Lipinski definition) is 1. The van der Waals surface area contributed by atoms with Crippen LogP contribution in [-0.4, -0.2) is 35.0 Å². The molecule has 0 spiro atoms. The fourth-order valence-corrected chi connectivity index (χ4v) is 3.72. The fourth-order valence-electron chi connectivity index (χ4n) is 3.72. The first-order valence-electron chi connectivity index (χ1n) is 5.90. The monoisotopic (exact) mass is 219 g/mol. The second kappa shape index (κ2) is 2.64. The van der Waals surface area contributed by atoms with Gasteiger partial charge in [0.2, 0.25) is 5.91 Å². The zero-order valence-corrected chi connectivity index (χ0v) is 8.85. The number of carbonyl (C=O) groups is 2. The second-order valence-corrected chi connectivity index (χ2v) is 5.35. The minimum absolute atomic E-state index is 0.0174. The number of likely N-dealkylation sites (tertiary alicyclic amines) is 1. The molecule has 2 saturated carbocycles. The SMILES string of the molecule is O=C1CC(C(=O)N2C[C@@H]3C[C@H]2[C@H]2C[C@@H]32)=NN1. The predicted octanol–water partition coefficient (Wildman–Crippen LogP) is -0.271. The van der Waals surface area contributed by atoms with E-state index < -0.39 is 0 Å². The smallest absolute Gasteiger partial charge is 0.270 e. The first-order chi connectivity index (χ1) is 7.74. The van der Waals surface area contributed by atoms with Crippen molar-refractivity contribution in [2.24, 2.45) is 22.9 Å². The first kappa shape index (κ1) is 8.73. The van der Waals surface area contributed by atoms with Crippen LogP contribution in [0, 0.1) is 17.8 Å². The fraction of sp³-hybridized carbons (Fsp3) is 0.727. The molecule has 1 saturated heterocycles. The molecule has 0 unspecified atom stereocenters. The van der Waals surface area contributed by atoms with Crippen LogP contribution < -0.4 is 5.43 Å². The molecular weight excluding hydrogens is 206 g/mol. The Morgan fingerprint density at radius 2 is 2.25 bits per heavy atom. The van der Waals surface area contributed by atoms with Crippen LogP contribution in [0.3, 0.4) is 0 Å². The van der Waals surface area contributed by atoms with Crippen molar-refractivity contribution in [1.29, 1.82) is 0 Å². The highest BCUT2D eigenvalue weighted by Crippen LogP contribution is 2.61. The molecule has 2 aliphatic heterocycles. The summed E-state index contributed by atoms with van der Waals surface area (Å²) in [7, 11) is 0. The molecule has 5 nitrogen and oxygen atoms in total. The van der Waals surface area contributed by atoms with Gasteiger partial charge in [0.05, 0.1) is 6.42 Å². The highest BCUT2D eigenvalue weighted by Gasteiger charge is 2.61. The minimum Gasteiger partial charge on any atom is -0.334 e. The van der Waals surface area contributed by atoms with Crippen LogP contribution in [0.4, 0.5) is 0 Å². The average molecular weight is 219 g/mol. The lowest BCUT2D eigenvalue weighted by Gasteiger charge is -2.26.